The molecule has 1 N–H and O–H groups in total. The van der Waals surface area contributed by atoms with Gasteiger partial charge < -0.3 is 0 Å². The Kier molecular flexibility index (Phi) is 6.51. The monoisotopic (exact) mass is 316 g/mol. The minimum atomic E-state index is -3.28. The smallest absolute Gasteiger partial charge is 0.199 e. The van der Waals surface area contributed by atoms with Gasteiger partial charge in [0.25, 0.3) is 10.2 Å². The first-order valence-corrected chi connectivity index (χ1v) is 10.2. The van der Waals surface area contributed by atoms with Crippen LogP contribution in [0.4, 0.5) is 0 Å². The van der Waals surface area contributed by atoms with Gasteiger partial charge in [-0.25, -0.2) is 0 Å². The van der Waals surface area contributed by atoms with Crippen LogP contribution in [0.2, 0.25) is 0 Å². The maximum atomic E-state index is 12.6. The van der Waals surface area contributed by atoms with Crippen LogP contribution in [0.3, 0.4) is 0 Å². The molecule has 1 aliphatic heterocycles. The quantitative estimate of drug-likeness (QED) is 0.817. The Labute approximate surface area is 130 Å². The third-order valence-electron chi connectivity index (χ3n) is 4.98. The molecule has 1 saturated heterocycles. The second-order valence-corrected chi connectivity index (χ2v) is 8.91. The third-order valence-corrected chi connectivity index (χ3v) is 6.62. The highest BCUT2D eigenvalue weighted by molar-refractivity contribution is 7.87. The Bertz CT molecular complexity index is 401. The summed E-state index contributed by atoms with van der Waals surface area (Å²) in [6.45, 7) is 5.87. The van der Waals surface area contributed by atoms with E-state index in [2.05, 4.69) is 18.6 Å². The average molecular weight is 317 g/mol. The van der Waals surface area contributed by atoms with Crippen molar-refractivity contribution < 1.29 is 8.42 Å². The molecule has 0 amide bonds. The van der Waals surface area contributed by atoms with Crippen LogP contribution < -0.4 is 4.72 Å². The van der Waals surface area contributed by atoms with E-state index >= 15 is 0 Å². The zero-order valence-corrected chi connectivity index (χ0v) is 14.5. The molecule has 124 valence electrons. The van der Waals surface area contributed by atoms with Gasteiger partial charge in [-0.1, -0.05) is 39.5 Å². The van der Waals surface area contributed by atoms with Gasteiger partial charge in [-0.3, -0.25) is 0 Å². The van der Waals surface area contributed by atoms with Gasteiger partial charge >= 0.3 is 0 Å². The van der Waals surface area contributed by atoms with Crippen LogP contribution in [0.5, 0.6) is 0 Å². The molecule has 2 atom stereocenters. The van der Waals surface area contributed by atoms with E-state index in [-0.39, 0.29) is 6.04 Å². The molecule has 2 rings (SSSR count). The van der Waals surface area contributed by atoms with Gasteiger partial charge in [0.05, 0.1) is 0 Å². The van der Waals surface area contributed by atoms with Crippen molar-refractivity contribution in [2.45, 2.75) is 77.7 Å². The molecule has 2 aliphatic rings. The summed E-state index contributed by atoms with van der Waals surface area (Å²) in [4.78, 5) is 0. The van der Waals surface area contributed by atoms with Crippen LogP contribution in [0.1, 0.15) is 71.6 Å². The van der Waals surface area contributed by atoms with E-state index < -0.39 is 10.2 Å². The van der Waals surface area contributed by atoms with Crippen molar-refractivity contribution in [1.82, 2.24) is 9.03 Å². The molecule has 21 heavy (non-hydrogen) atoms. The highest BCUT2D eigenvalue weighted by Crippen LogP contribution is 2.31. The van der Waals surface area contributed by atoms with Gasteiger partial charge in [0.2, 0.25) is 0 Å². The summed E-state index contributed by atoms with van der Waals surface area (Å²) in [5.74, 6) is 1.24. The highest BCUT2D eigenvalue weighted by Gasteiger charge is 2.33. The number of hydrogen-bond donors (Lipinski definition) is 1. The van der Waals surface area contributed by atoms with Crippen LogP contribution in [0.25, 0.3) is 0 Å². The molecule has 4 nitrogen and oxygen atoms in total. The minimum Gasteiger partial charge on any atom is -0.199 e. The summed E-state index contributed by atoms with van der Waals surface area (Å²) in [6, 6.07) is 0.164. The standard InChI is InChI=1S/C16H32N2O2S/c1-14(2)10-11-15-8-7-9-16(15)17-21(19,20)18-12-5-3-4-6-13-18/h14-17H,3-13H2,1-2H3/t15-,16-/m0/s1. The zero-order valence-electron chi connectivity index (χ0n) is 13.7. The fourth-order valence-electron chi connectivity index (χ4n) is 3.63. The van der Waals surface area contributed by atoms with Crippen molar-refractivity contribution in [2.75, 3.05) is 13.1 Å². The highest BCUT2D eigenvalue weighted by atomic mass is 32.2. The van der Waals surface area contributed by atoms with E-state index in [1.807, 2.05) is 0 Å². The van der Waals surface area contributed by atoms with Crippen molar-refractivity contribution in [3.63, 3.8) is 0 Å². The molecule has 5 heteroatoms. The molecule has 1 saturated carbocycles. The maximum absolute atomic E-state index is 12.6. The number of nitrogens with zero attached hydrogens (tertiary/aromatic N) is 1. The van der Waals surface area contributed by atoms with Crippen molar-refractivity contribution in [2.24, 2.45) is 11.8 Å². The minimum absolute atomic E-state index is 0.164. The van der Waals surface area contributed by atoms with Crippen LogP contribution >= 0.6 is 0 Å². The fraction of sp³-hybridized carbons (Fsp3) is 1.00. The molecule has 0 aromatic rings. The molecule has 1 aliphatic carbocycles. The molecule has 0 unspecified atom stereocenters. The van der Waals surface area contributed by atoms with Gasteiger partial charge in [-0.2, -0.15) is 17.4 Å². The Balaban J connectivity index is 1.91. The Morgan fingerprint density at radius 1 is 1.05 bits per heavy atom. The lowest BCUT2D eigenvalue weighted by atomic mass is 9.94. The molecular weight excluding hydrogens is 284 g/mol. The summed E-state index contributed by atoms with van der Waals surface area (Å²) in [6.07, 6.45) is 10.0. The zero-order chi connectivity index (χ0) is 15.3. The Morgan fingerprint density at radius 2 is 1.71 bits per heavy atom. The largest absolute Gasteiger partial charge is 0.279 e. The predicted molar refractivity (Wildman–Crippen MR) is 87.3 cm³/mol. The summed E-state index contributed by atoms with van der Waals surface area (Å²) in [5.41, 5.74) is 0. The van der Waals surface area contributed by atoms with Gasteiger partial charge in [0, 0.05) is 19.1 Å². The van der Waals surface area contributed by atoms with Crippen molar-refractivity contribution in [3.8, 4) is 0 Å². The van der Waals surface area contributed by atoms with Crippen LogP contribution in [0, 0.1) is 11.8 Å². The molecule has 1 heterocycles. The van der Waals surface area contributed by atoms with E-state index in [1.54, 1.807) is 4.31 Å². The third kappa shape index (κ3) is 5.22. The van der Waals surface area contributed by atoms with E-state index in [1.165, 1.54) is 12.8 Å². The summed E-state index contributed by atoms with van der Waals surface area (Å²) in [5, 5.41) is 0. The lowest BCUT2D eigenvalue weighted by Crippen LogP contribution is -2.46. The lowest BCUT2D eigenvalue weighted by Gasteiger charge is -2.26. The summed E-state index contributed by atoms with van der Waals surface area (Å²) < 4.78 is 29.9. The first-order chi connectivity index (χ1) is 9.99. The first-order valence-electron chi connectivity index (χ1n) is 8.76. The SMILES string of the molecule is CC(C)CC[C@@H]1CCC[C@@H]1NS(=O)(=O)N1CCCCCC1. The van der Waals surface area contributed by atoms with Gasteiger partial charge in [0.1, 0.15) is 0 Å². The van der Waals surface area contributed by atoms with E-state index in [0.717, 1.165) is 44.9 Å². The molecule has 0 radical (unpaired) electrons. The average Bonchev–Trinajstić information content (AvgIpc) is 2.67. The van der Waals surface area contributed by atoms with Crippen molar-refractivity contribution >= 4 is 10.2 Å². The van der Waals surface area contributed by atoms with Gasteiger partial charge in [-0.15, -0.1) is 0 Å². The molecule has 0 spiro atoms. The van der Waals surface area contributed by atoms with E-state index in [9.17, 15) is 8.42 Å². The summed E-state index contributed by atoms with van der Waals surface area (Å²) >= 11 is 0. The topological polar surface area (TPSA) is 49.4 Å². The Hall–Kier alpha value is -0.130. The van der Waals surface area contributed by atoms with Crippen molar-refractivity contribution in [1.29, 1.82) is 0 Å². The molecule has 0 aromatic carbocycles. The van der Waals surface area contributed by atoms with Gasteiger partial charge in [-0.05, 0) is 43.9 Å². The van der Waals surface area contributed by atoms with Crippen LogP contribution in [-0.4, -0.2) is 31.9 Å². The molecule has 0 aromatic heterocycles. The number of rotatable bonds is 6. The predicted octanol–water partition coefficient (Wildman–Crippen LogP) is 3.30. The Morgan fingerprint density at radius 3 is 2.33 bits per heavy atom. The maximum Gasteiger partial charge on any atom is 0.279 e. The van der Waals surface area contributed by atoms with Crippen molar-refractivity contribution in [3.05, 3.63) is 0 Å². The first kappa shape index (κ1) is 17.2. The van der Waals surface area contributed by atoms with Gasteiger partial charge in [0.15, 0.2) is 0 Å². The molecule has 2 fully saturated rings. The second kappa shape index (κ2) is 7.93. The van der Waals surface area contributed by atoms with Crippen LogP contribution in [-0.2, 0) is 10.2 Å². The lowest BCUT2D eigenvalue weighted by molar-refractivity contribution is 0.361. The normalized spacial score (nSPS) is 28.9. The van der Waals surface area contributed by atoms with E-state index in [0.29, 0.717) is 24.9 Å². The number of nitrogens with one attached hydrogen (secondary N) is 1. The molecular formula is C16H32N2O2S. The number of hydrogen-bond acceptors (Lipinski definition) is 2. The second-order valence-electron chi connectivity index (χ2n) is 7.20. The fourth-order valence-corrected chi connectivity index (χ4v) is 5.21. The summed E-state index contributed by atoms with van der Waals surface area (Å²) in [7, 11) is -3.28. The molecule has 0 bridgehead atoms. The van der Waals surface area contributed by atoms with E-state index in [4.69, 9.17) is 0 Å². The van der Waals surface area contributed by atoms with Crippen LogP contribution in [0.15, 0.2) is 0 Å².